The van der Waals surface area contributed by atoms with Crippen LogP contribution in [0.25, 0.3) is 0 Å². The van der Waals surface area contributed by atoms with Gasteiger partial charge in [-0.3, -0.25) is 19.2 Å². The van der Waals surface area contributed by atoms with Gasteiger partial charge >= 0.3 is 5.97 Å². The lowest BCUT2D eigenvalue weighted by atomic mass is 9.96. The standard InChI is InChI=1S/C20H21N3O5/c1-22-16(3-2-4-17(22)24)18(25)21-15-7-5-13(6-8-15)19(26)23-11-9-14(10-12-23)20(27)28/h2-8,14H,9-12H2,1H3,(H,21,25)(H,27,28). The average molecular weight is 383 g/mol. The Hall–Kier alpha value is -3.42. The highest BCUT2D eigenvalue weighted by atomic mass is 16.4. The van der Waals surface area contributed by atoms with Crippen LogP contribution in [0.15, 0.2) is 47.3 Å². The molecule has 146 valence electrons. The topological polar surface area (TPSA) is 109 Å². The number of pyridine rings is 1. The number of likely N-dealkylation sites (tertiary alicyclic amines) is 1. The number of hydrogen-bond acceptors (Lipinski definition) is 4. The first-order chi connectivity index (χ1) is 13.4. The van der Waals surface area contributed by atoms with E-state index in [0.29, 0.717) is 37.2 Å². The maximum Gasteiger partial charge on any atom is 0.306 e. The Labute approximate surface area is 161 Å². The number of piperidine rings is 1. The Kier molecular flexibility index (Phi) is 5.58. The van der Waals surface area contributed by atoms with Crippen molar-refractivity contribution in [3.63, 3.8) is 0 Å². The summed E-state index contributed by atoms with van der Waals surface area (Å²) in [6.45, 7) is 0.826. The van der Waals surface area contributed by atoms with Gasteiger partial charge in [-0.05, 0) is 43.2 Å². The average Bonchev–Trinajstić information content (AvgIpc) is 2.70. The molecule has 8 nitrogen and oxygen atoms in total. The number of aliphatic carboxylic acids is 1. The zero-order chi connectivity index (χ0) is 20.3. The van der Waals surface area contributed by atoms with Crippen molar-refractivity contribution in [1.29, 1.82) is 0 Å². The Morgan fingerprint density at radius 3 is 2.29 bits per heavy atom. The highest BCUT2D eigenvalue weighted by molar-refractivity contribution is 6.03. The first-order valence-corrected chi connectivity index (χ1v) is 8.96. The molecule has 0 atom stereocenters. The smallest absolute Gasteiger partial charge is 0.306 e. The summed E-state index contributed by atoms with van der Waals surface area (Å²) in [5, 5.41) is 11.7. The lowest BCUT2D eigenvalue weighted by molar-refractivity contribution is -0.143. The minimum atomic E-state index is -0.817. The van der Waals surface area contributed by atoms with Crippen molar-refractivity contribution in [2.75, 3.05) is 18.4 Å². The maximum atomic E-state index is 12.6. The van der Waals surface area contributed by atoms with Crippen LogP contribution in [0.1, 0.15) is 33.7 Å². The molecule has 28 heavy (non-hydrogen) atoms. The van der Waals surface area contributed by atoms with Gasteiger partial charge in [0.15, 0.2) is 0 Å². The lowest BCUT2D eigenvalue weighted by Gasteiger charge is -2.30. The highest BCUT2D eigenvalue weighted by Crippen LogP contribution is 2.20. The van der Waals surface area contributed by atoms with Crippen LogP contribution in [-0.2, 0) is 11.8 Å². The summed E-state index contributed by atoms with van der Waals surface area (Å²) in [5.74, 6) is -1.79. The van der Waals surface area contributed by atoms with Gasteiger partial charge < -0.3 is 19.9 Å². The predicted octanol–water partition coefficient (Wildman–Crippen LogP) is 1.57. The minimum absolute atomic E-state index is 0.160. The van der Waals surface area contributed by atoms with Crippen molar-refractivity contribution in [1.82, 2.24) is 9.47 Å². The van der Waals surface area contributed by atoms with Gasteiger partial charge in [-0.25, -0.2) is 0 Å². The molecule has 2 amide bonds. The van der Waals surface area contributed by atoms with Gasteiger partial charge in [0.25, 0.3) is 17.4 Å². The third-order valence-corrected chi connectivity index (χ3v) is 4.94. The highest BCUT2D eigenvalue weighted by Gasteiger charge is 2.27. The normalized spacial score (nSPS) is 14.5. The molecular formula is C20H21N3O5. The summed E-state index contributed by atoms with van der Waals surface area (Å²) >= 11 is 0. The Morgan fingerprint density at radius 2 is 1.68 bits per heavy atom. The minimum Gasteiger partial charge on any atom is -0.481 e. The van der Waals surface area contributed by atoms with E-state index in [9.17, 15) is 19.2 Å². The van der Waals surface area contributed by atoms with Crippen LogP contribution in [0.4, 0.5) is 5.69 Å². The summed E-state index contributed by atoms with van der Waals surface area (Å²) in [6, 6.07) is 10.9. The summed E-state index contributed by atoms with van der Waals surface area (Å²) in [7, 11) is 1.52. The quantitative estimate of drug-likeness (QED) is 0.833. The molecular weight excluding hydrogens is 362 g/mol. The summed E-state index contributed by atoms with van der Waals surface area (Å²) in [6.07, 6.45) is 0.899. The summed E-state index contributed by atoms with van der Waals surface area (Å²) < 4.78 is 1.26. The van der Waals surface area contributed by atoms with Gasteiger partial charge in [-0.2, -0.15) is 0 Å². The Bertz CT molecular complexity index is 957. The summed E-state index contributed by atoms with van der Waals surface area (Å²) in [5.41, 5.74) is 0.926. The SMILES string of the molecule is Cn1c(C(=O)Nc2ccc(C(=O)N3CCC(C(=O)O)CC3)cc2)cccc1=O. The Morgan fingerprint density at radius 1 is 1.04 bits per heavy atom. The molecule has 1 aromatic carbocycles. The van der Waals surface area contributed by atoms with E-state index in [1.54, 1.807) is 35.2 Å². The molecule has 3 rings (SSSR count). The molecule has 1 aromatic heterocycles. The monoisotopic (exact) mass is 383 g/mol. The van der Waals surface area contributed by atoms with Crippen molar-refractivity contribution in [3.05, 3.63) is 64.1 Å². The molecule has 1 aliphatic rings. The van der Waals surface area contributed by atoms with E-state index in [0.717, 1.165) is 0 Å². The van der Waals surface area contributed by atoms with Gasteiger partial charge in [-0.15, -0.1) is 0 Å². The van der Waals surface area contributed by atoms with Crippen LogP contribution < -0.4 is 10.9 Å². The van der Waals surface area contributed by atoms with E-state index in [-0.39, 0.29) is 17.2 Å². The van der Waals surface area contributed by atoms with Crippen LogP contribution in [0.2, 0.25) is 0 Å². The van der Waals surface area contributed by atoms with E-state index in [1.165, 1.54) is 23.7 Å². The molecule has 2 N–H and O–H groups in total. The van der Waals surface area contributed by atoms with E-state index in [2.05, 4.69) is 5.32 Å². The number of carboxylic acids is 1. The lowest BCUT2D eigenvalue weighted by Crippen LogP contribution is -2.40. The van der Waals surface area contributed by atoms with Crippen LogP contribution >= 0.6 is 0 Å². The number of carbonyl (C=O) groups is 3. The fourth-order valence-electron chi connectivity index (χ4n) is 3.20. The number of carbonyl (C=O) groups excluding carboxylic acids is 2. The van der Waals surface area contributed by atoms with E-state index in [1.807, 2.05) is 0 Å². The van der Waals surface area contributed by atoms with Crippen molar-refractivity contribution >= 4 is 23.5 Å². The third kappa shape index (κ3) is 4.11. The molecule has 0 bridgehead atoms. The number of carboxylic acid groups (broad SMARTS) is 1. The number of anilines is 1. The molecule has 2 heterocycles. The largest absolute Gasteiger partial charge is 0.481 e. The fraction of sp³-hybridized carbons (Fsp3) is 0.300. The first-order valence-electron chi connectivity index (χ1n) is 8.96. The maximum absolute atomic E-state index is 12.6. The number of benzene rings is 1. The number of rotatable bonds is 4. The van der Waals surface area contributed by atoms with Crippen molar-refractivity contribution in [3.8, 4) is 0 Å². The number of amides is 2. The van der Waals surface area contributed by atoms with E-state index in [4.69, 9.17) is 5.11 Å². The van der Waals surface area contributed by atoms with Gasteiger partial charge in [-0.1, -0.05) is 6.07 Å². The number of hydrogen-bond donors (Lipinski definition) is 2. The molecule has 1 aliphatic heterocycles. The first kappa shape index (κ1) is 19.3. The molecule has 0 unspecified atom stereocenters. The second-order valence-corrected chi connectivity index (χ2v) is 6.74. The molecule has 1 fully saturated rings. The van der Waals surface area contributed by atoms with E-state index >= 15 is 0 Å². The van der Waals surface area contributed by atoms with Gasteiger partial charge in [0.1, 0.15) is 5.69 Å². The molecule has 1 saturated heterocycles. The second kappa shape index (κ2) is 8.08. The zero-order valence-electron chi connectivity index (χ0n) is 15.4. The fourth-order valence-corrected chi connectivity index (χ4v) is 3.20. The number of aromatic nitrogens is 1. The van der Waals surface area contributed by atoms with Gasteiger partial charge in [0.05, 0.1) is 5.92 Å². The molecule has 0 saturated carbocycles. The third-order valence-electron chi connectivity index (χ3n) is 4.94. The molecule has 0 spiro atoms. The molecule has 8 heteroatoms. The molecule has 0 radical (unpaired) electrons. The van der Waals surface area contributed by atoms with Crippen LogP contribution in [0, 0.1) is 5.92 Å². The van der Waals surface area contributed by atoms with Crippen molar-refractivity contribution < 1.29 is 19.5 Å². The second-order valence-electron chi connectivity index (χ2n) is 6.74. The predicted molar refractivity (Wildman–Crippen MR) is 102 cm³/mol. The number of nitrogens with zero attached hydrogens (tertiary/aromatic N) is 2. The Balaban J connectivity index is 1.64. The molecule has 0 aliphatic carbocycles. The van der Waals surface area contributed by atoms with Crippen molar-refractivity contribution in [2.45, 2.75) is 12.8 Å². The summed E-state index contributed by atoms with van der Waals surface area (Å²) in [4.78, 5) is 49.2. The van der Waals surface area contributed by atoms with Crippen molar-refractivity contribution in [2.24, 2.45) is 13.0 Å². The van der Waals surface area contributed by atoms with Crippen LogP contribution in [0.3, 0.4) is 0 Å². The molecule has 2 aromatic rings. The van der Waals surface area contributed by atoms with Gasteiger partial charge in [0.2, 0.25) is 0 Å². The number of nitrogens with one attached hydrogen (secondary N) is 1. The van der Waals surface area contributed by atoms with E-state index < -0.39 is 17.8 Å². The van der Waals surface area contributed by atoms with Crippen LogP contribution in [0.5, 0.6) is 0 Å². The zero-order valence-corrected chi connectivity index (χ0v) is 15.4. The van der Waals surface area contributed by atoms with Crippen LogP contribution in [-0.4, -0.2) is 45.4 Å². The van der Waals surface area contributed by atoms with Gasteiger partial charge in [0, 0.05) is 37.5 Å².